The van der Waals surface area contributed by atoms with Crippen molar-refractivity contribution in [1.82, 2.24) is 4.90 Å². The molecule has 1 rings (SSSR count). The second-order valence-corrected chi connectivity index (χ2v) is 6.26. The lowest BCUT2D eigenvalue weighted by atomic mass is 9.94. The first-order valence-electron chi connectivity index (χ1n) is 6.15. The van der Waals surface area contributed by atoms with Gasteiger partial charge in [0.15, 0.2) is 0 Å². The lowest BCUT2D eigenvalue weighted by molar-refractivity contribution is 0.0368. The summed E-state index contributed by atoms with van der Waals surface area (Å²) in [5, 5.41) is 9.52. The molecule has 2 atom stereocenters. The summed E-state index contributed by atoms with van der Waals surface area (Å²) >= 11 is 3.58. The van der Waals surface area contributed by atoms with Gasteiger partial charge in [0.25, 0.3) is 0 Å². The average molecular weight is 315 g/mol. The summed E-state index contributed by atoms with van der Waals surface area (Å²) in [6, 6.07) is 8.12. The van der Waals surface area contributed by atoms with Crippen LogP contribution in [0.4, 0.5) is 0 Å². The van der Waals surface area contributed by atoms with E-state index in [0.717, 1.165) is 10.0 Å². The molecule has 3 N–H and O–H groups in total. The van der Waals surface area contributed by atoms with E-state index in [-0.39, 0.29) is 24.2 Å². The van der Waals surface area contributed by atoms with E-state index in [0.29, 0.717) is 0 Å². The zero-order chi connectivity index (χ0) is 13.9. The van der Waals surface area contributed by atoms with Crippen LogP contribution < -0.4 is 5.73 Å². The van der Waals surface area contributed by atoms with Gasteiger partial charge in [-0.25, -0.2) is 0 Å². The summed E-state index contributed by atoms with van der Waals surface area (Å²) in [5.41, 5.74) is 6.98. The fourth-order valence-corrected chi connectivity index (χ4v) is 2.57. The quantitative estimate of drug-likeness (QED) is 0.878. The molecule has 0 amide bonds. The van der Waals surface area contributed by atoms with Crippen LogP contribution >= 0.6 is 15.9 Å². The molecule has 0 spiro atoms. The highest BCUT2D eigenvalue weighted by Gasteiger charge is 2.32. The molecule has 0 saturated carbocycles. The topological polar surface area (TPSA) is 49.5 Å². The Labute approximate surface area is 118 Å². The number of aliphatic hydroxyl groups excluding tert-OH is 1. The third-order valence-corrected chi connectivity index (χ3v) is 4.20. The highest BCUT2D eigenvalue weighted by atomic mass is 79.9. The Hall–Kier alpha value is -0.420. The van der Waals surface area contributed by atoms with Crippen molar-refractivity contribution in [2.45, 2.75) is 38.4 Å². The van der Waals surface area contributed by atoms with E-state index in [1.54, 1.807) is 0 Å². The molecule has 102 valence electrons. The van der Waals surface area contributed by atoms with Crippen molar-refractivity contribution in [3.05, 3.63) is 34.3 Å². The number of benzene rings is 1. The van der Waals surface area contributed by atoms with Gasteiger partial charge >= 0.3 is 0 Å². The van der Waals surface area contributed by atoms with Gasteiger partial charge in [0.1, 0.15) is 0 Å². The maximum Gasteiger partial charge on any atom is 0.0610 e. The molecule has 0 aliphatic rings. The molecule has 0 saturated heterocycles. The van der Waals surface area contributed by atoms with Gasteiger partial charge in [0.05, 0.1) is 12.6 Å². The molecule has 0 aromatic heterocycles. The molecule has 3 nitrogen and oxygen atoms in total. The van der Waals surface area contributed by atoms with Gasteiger partial charge in [-0.1, -0.05) is 34.1 Å². The summed E-state index contributed by atoms with van der Waals surface area (Å²) in [5.74, 6) is 0. The molecule has 0 fully saturated rings. The number of hydrogen-bond acceptors (Lipinski definition) is 3. The van der Waals surface area contributed by atoms with Crippen molar-refractivity contribution >= 4 is 15.9 Å². The molecular formula is C14H23BrN2O. The Morgan fingerprint density at radius 2 is 1.94 bits per heavy atom. The fraction of sp³-hybridized carbons (Fsp3) is 0.571. The average Bonchev–Trinajstić information content (AvgIpc) is 2.31. The van der Waals surface area contributed by atoms with E-state index in [1.165, 1.54) is 0 Å². The van der Waals surface area contributed by atoms with Crippen LogP contribution in [0.5, 0.6) is 0 Å². The Balaban J connectivity index is 3.16. The van der Waals surface area contributed by atoms with Gasteiger partial charge in [-0.05, 0) is 39.4 Å². The van der Waals surface area contributed by atoms with Crippen LogP contribution in [-0.2, 0) is 0 Å². The van der Waals surface area contributed by atoms with E-state index in [9.17, 15) is 5.11 Å². The summed E-state index contributed by atoms with van der Waals surface area (Å²) < 4.78 is 1.05. The summed E-state index contributed by atoms with van der Waals surface area (Å²) in [6.07, 6.45) is 0. The normalized spacial score (nSPS) is 15.8. The first-order valence-corrected chi connectivity index (χ1v) is 6.94. The van der Waals surface area contributed by atoms with Crippen LogP contribution in [0.2, 0.25) is 0 Å². The molecular weight excluding hydrogens is 292 g/mol. The van der Waals surface area contributed by atoms with Crippen molar-refractivity contribution in [3.63, 3.8) is 0 Å². The van der Waals surface area contributed by atoms with E-state index >= 15 is 0 Å². The highest BCUT2D eigenvalue weighted by molar-refractivity contribution is 9.10. The Morgan fingerprint density at radius 1 is 1.39 bits per heavy atom. The fourth-order valence-electron chi connectivity index (χ4n) is 2.05. The predicted octanol–water partition coefficient (Wildman–Crippen LogP) is 2.54. The van der Waals surface area contributed by atoms with Crippen molar-refractivity contribution in [2.24, 2.45) is 5.73 Å². The van der Waals surface area contributed by atoms with Crippen LogP contribution in [0.3, 0.4) is 0 Å². The van der Waals surface area contributed by atoms with E-state index in [1.807, 2.05) is 46.0 Å². The Bertz CT molecular complexity index is 393. The van der Waals surface area contributed by atoms with Crippen molar-refractivity contribution in [3.8, 4) is 0 Å². The highest BCUT2D eigenvalue weighted by Crippen LogP contribution is 2.32. The van der Waals surface area contributed by atoms with Crippen molar-refractivity contribution in [1.29, 1.82) is 0 Å². The van der Waals surface area contributed by atoms with E-state index in [4.69, 9.17) is 5.73 Å². The standard InChI is InChI=1S/C14H23BrN2O/c1-10(16)13(17(4)14(2,3)9-18)11-7-5-6-8-12(11)15/h5-8,10,13,18H,9,16H2,1-4H3. The van der Waals surface area contributed by atoms with E-state index in [2.05, 4.69) is 26.9 Å². The third kappa shape index (κ3) is 3.32. The van der Waals surface area contributed by atoms with Gasteiger partial charge in [-0.2, -0.15) is 0 Å². The van der Waals surface area contributed by atoms with Crippen LogP contribution in [0.15, 0.2) is 28.7 Å². The Kier molecular flexibility index (Phi) is 5.34. The van der Waals surface area contributed by atoms with Crippen LogP contribution in [0, 0.1) is 0 Å². The van der Waals surface area contributed by atoms with Crippen LogP contribution in [-0.4, -0.2) is 35.2 Å². The van der Waals surface area contributed by atoms with Crippen molar-refractivity contribution < 1.29 is 5.11 Å². The lowest BCUT2D eigenvalue weighted by Gasteiger charge is -2.42. The SMILES string of the molecule is CC(N)C(c1ccccc1Br)N(C)C(C)(C)CO. The first-order chi connectivity index (χ1) is 8.31. The molecule has 18 heavy (non-hydrogen) atoms. The number of nitrogens with zero attached hydrogens (tertiary/aromatic N) is 1. The number of aliphatic hydroxyl groups is 1. The monoisotopic (exact) mass is 314 g/mol. The molecule has 1 aromatic rings. The van der Waals surface area contributed by atoms with Gasteiger partial charge in [0, 0.05) is 16.1 Å². The molecule has 4 heteroatoms. The molecule has 1 aromatic carbocycles. The number of nitrogens with two attached hydrogens (primary N) is 1. The lowest BCUT2D eigenvalue weighted by Crippen LogP contribution is -2.50. The number of halogens is 1. The second kappa shape index (κ2) is 6.15. The number of hydrogen-bond donors (Lipinski definition) is 2. The zero-order valence-electron chi connectivity index (χ0n) is 11.5. The molecule has 0 aliphatic carbocycles. The minimum absolute atomic E-state index is 0.0282. The molecule has 0 heterocycles. The summed E-state index contributed by atoms with van der Waals surface area (Å²) in [4.78, 5) is 2.14. The minimum atomic E-state index is -0.312. The van der Waals surface area contributed by atoms with Gasteiger partial charge in [-0.3, -0.25) is 4.90 Å². The second-order valence-electron chi connectivity index (χ2n) is 5.41. The minimum Gasteiger partial charge on any atom is -0.394 e. The third-order valence-electron chi connectivity index (χ3n) is 3.48. The van der Waals surface area contributed by atoms with Crippen LogP contribution in [0.1, 0.15) is 32.4 Å². The van der Waals surface area contributed by atoms with Crippen molar-refractivity contribution in [2.75, 3.05) is 13.7 Å². The zero-order valence-corrected chi connectivity index (χ0v) is 13.1. The van der Waals surface area contributed by atoms with E-state index < -0.39 is 0 Å². The smallest absolute Gasteiger partial charge is 0.0610 e. The maximum atomic E-state index is 9.52. The van der Waals surface area contributed by atoms with Crippen LogP contribution in [0.25, 0.3) is 0 Å². The molecule has 0 bridgehead atoms. The summed E-state index contributed by atoms with van der Waals surface area (Å²) in [6.45, 7) is 6.11. The van der Waals surface area contributed by atoms with Gasteiger partial charge in [0.2, 0.25) is 0 Å². The van der Waals surface area contributed by atoms with Gasteiger partial charge < -0.3 is 10.8 Å². The predicted molar refractivity (Wildman–Crippen MR) is 79.5 cm³/mol. The molecule has 2 unspecified atom stereocenters. The molecule has 0 aliphatic heterocycles. The number of likely N-dealkylation sites (N-methyl/N-ethyl adjacent to an activating group) is 1. The first kappa shape index (κ1) is 15.6. The Morgan fingerprint density at radius 3 is 2.39 bits per heavy atom. The largest absolute Gasteiger partial charge is 0.394 e. The number of rotatable bonds is 5. The van der Waals surface area contributed by atoms with Gasteiger partial charge in [-0.15, -0.1) is 0 Å². The maximum absolute atomic E-state index is 9.52. The summed E-state index contributed by atoms with van der Waals surface area (Å²) in [7, 11) is 2.00. The molecule has 0 radical (unpaired) electrons.